The van der Waals surface area contributed by atoms with Crippen LogP contribution in [0.4, 0.5) is 5.69 Å². The van der Waals surface area contributed by atoms with Gasteiger partial charge in [-0.2, -0.15) is 0 Å². The molecule has 0 bridgehead atoms. The first-order valence-electron chi connectivity index (χ1n) is 14.0. The Bertz CT molecular complexity index is 2630. The summed E-state index contributed by atoms with van der Waals surface area (Å²) in [7, 11) is -10.3. The normalized spacial score (nSPS) is 13.7. The molecular formula is C35H23N2NaO8S2. The second-order valence-electron chi connectivity index (χ2n) is 10.2. The van der Waals surface area contributed by atoms with E-state index in [1.54, 1.807) is 55.5 Å². The molecule has 4 aromatic carbocycles. The van der Waals surface area contributed by atoms with Crippen LogP contribution in [0.15, 0.2) is 136 Å². The first-order chi connectivity index (χ1) is 22.5. The van der Waals surface area contributed by atoms with E-state index in [1.165, 1.54) is 12.2 Å². The van der Waals surface area contributed by atoms with Crippen molar-refractivity contribution < 1.29 is 69.2 Å². The summed E-state index contributed by atoms with van der Waals surface area (Å²) < 4.78 is 88.6. The fourth-order valence-electron chi connectivity index (χ4n) is 5.40. The number of anilines is 1. The molecule has 48 heavy (non-hydrogen) atoms. The maximum atomic E-state index is 12.5. The van der Waals surface area contributed by atoms with E-state index in [4.69, 9.17) is 9.15 Å². The molecule has 10 nitrogen and oxygen atoms in total. The van der Waals surface area contributed by atoms with E-state index in [1.807, 2.05) is 24.3 Å². The predicted octanol–water partition coefficient (Wildman–Crippen LogP) is 3.17. The molecule has 6 rings (SSSR count). The number of fused-ring (bicyclic) bond motifs is 6. The molecule has 5 aromatic rings. The fourth-order valence-corrected chi connectivity index (χ4v) is 6.60. The van der Waals surface area contributed by atoms with Crippen molar-refractivity contribution in [1.29, 1.82) is 0 Å². The second kappa shape index (κ2) is 13.5. The van der Waals surface area contributed by atoms with Crippen LogP contribution in [-0.4, -0.2) is 25.9 Å². The minimum Gasteiger partial charge on any atom is -0.742 e. The Hall–Kier alpha value is -4.63. The Balaban J connectivity index is 0.00000451. The average Bonchev–Trinajstić information content (AvgIpc) is 3.58. The molecule has 2 heterocycles. The van der Waals surface area contributed by atoms with Crippen LogP contribution in [0.3, 0.4) is 0 Å². The predicted molar refractivity (Wildman–Crippen MR) is 175 cm³/mol. The number of benzene rings is 4. The Kier molecular flexibility index (Phi) is 9.74. The van der Waals surface area contributed by atoms with Gasteiger partial charge in [0.2, 0.25) is 11.5 Å². The van der Waals surface area contributed by atoms with Crippen LogP contribution in [-0.2, 0) is 20.2 Å². The van der Waals surface area contributed by atoms with Gasteiger partial charge in [0.25, 0.3) is 5.52 Å². The van der Waals surface area contributed by atoms with Crippen molar-refractivity contribution in [3.8, 4) is 5.75 Å². The third-order valence-corrected chi connectivity index (χ3v) is 8.86. The molecule has 0 atom stereocenters. The van der Waals surface area contributed by atoms with Gasteiger partial charge in [-0.3, -0.25) is 4.90 Å². The molecule has 0 spiro atoms. The van der Waals surface area contributed by atoms with Crippen molar-refractivity contribution in [2.24, 2.45) is 0 Å². The molecule has 0 saturated carbocycles. The van der Waals surface area contributed by atoms with Gasteiger partial charge < -0.3 is 18.3 Å². The van der Waals surface area contributed by atoms with Crippen LogP contribution in [0.1, 0.15) is 19.2 Å². The van der Waals surface area contributed by atoms with Crippen LogP contribution in [0.25, 0.3) is 43.7 Å². The fraction of sp³-hybridized carbons (Fsp3) is 0.0571. The molecule has 0 unspecified atom stereocenters. The number of ether oxygens (including phenoxy) is 1. The number of hydrogen-bond acceptors (Lipinski definition) is 9. The number of rotatable bonds is 7. The first-order valence-corrected chi connectivity index (χ1v) is 16.8. The van der Waals surface area contributed by atoms with E-state index in [-0.39, 0.29) is 70.3 Å². The minimum absolute atomic E-state index is 0. The molecule has 1 aliphatic rings. The van der Waals surface area contributed by atoms with Crippen LogP contribution in [0, 0.1) is 0 Å². The van der Waals surface area contributed by atoms with Crippen LogP contribution < -0.4 is 43.8 Å². The second-order valence-corrected chi connectivity index (χ2v) is 12.7. The first kappa shape index (κ1) is 34.7. The smallest absolute Gasteiger partial charge is 0.742 e. The monoisotopic (exact) mass is 686 g/mol. The zero-order chi connectivity index (χ0) is 33.5. The van der Waals surface area contributed by atoms with Crippen LogP contribution in [0.5, 0.6) is 5.75 Å². The Labute approximate surface area is 298 Å². The Morgan fingerprint density at radius 1 is 0.875 bits per heavy atom. The van der Waals surface area contributed by atoms with Crippen molar-refractivity contribution in [3.05, 3.63) is 137 Å². The summed E-state index contributed by atoms with van der Waals surface area (Å²) in [6, 6.07) is 21.2. The molecule has 0 amide bonds. The van der Waals surface area contributed by atoms with Crippen molar-refractivity contribution in [2.45, 2.75) is 13.3 Å². The maximum Gasteiger partial charge on any atom is 1.00 e. The molecule has 0 radical (unpaired) electrons. The third kappa shape index (κ3) is 6.31. The van der Waals surface area contributed by atoms with Gasteiger partial charge in [0, 0.05) is 17.2 Å². The zero-order valence-electron chi connectivity index (χ0n) is 25.7. The molecule has 1 aromatic heterocycles. The van der Waals surface area contributed by atoms with E-state index in [2.05, 4.69) is 36.1 Å². The van der Waals surface area contributed by atoms with E-state index in [0.29, 0.717) is 16.3 Å². The largest absolute Gasteiger partial charge is 1.00 e. The van der Waals surface area contributed by atoms with Crippen molar-refractivity contribution in [2.75, 3.05) is 4.90 Å². The summed E-state index contributed by atoms with van der Waals surface area (Å²) in [4.78, 5) is 1.12. The molecule has 0 saturated heterocycles. The number of oxazole rings is 1. The topological polar surface area (TPSA) is 144 Å². The van der Waals surface area contributed by atoms with Crippen molar-refractivity contribution in [3.63, 3.8) is 0 Å². The van der Waals surface area contributed by atoms with Gasteiger partial charge >= 0.3 is 40.5 Å². The molecule has 0 fully saturated rings. The van der Waals surface area contributed by atoms with Gasteiger partial charge in [0.1, 0.15) is 15.8 Å². The van der Waals surface area contributed by atoms with Gasteiger partial charge in [0.15, 0.2) is 20.9 Å². The third-order valence-electron chi connectivity index (χ3n) is 7.34. The maximum absolute atomic E-state index is 12.5. The van der Waals surface area contributed by atoms with Crippen LogP contribution in [0.2, 0.25) is 0 Å². The number of nitrogens with zero attached hydrogens (tertiary/aromatic N) is 2. The summed E-state index contributed by atoms with van der Waals surface area (Å²) in [5.41, 5.74) is 10.4. The summed E-state index contributed by atoms with van der Waals surface area (Å²) in [5, 5.41) is 1.09. The molecule has 13 heteroatoms. The van der Waals surface area contributed by atoms with Gasteiger partial charge in [-0.1, -0.05) is 77.6 Å². The van der Waals surface area contributed by atoms with Gasteiger partial charge in [-0.05, 0) is 59.9 Å². The van der Waals surface area contributed by atoms with Crippen molar-refractivity contribution >= 4 is 69.7 Å². The summed E-state index contributed by atoms with van der Waals surface area (Å²) >= 11 is 0. The summed E-state index contributed by atoms with van der Waals surface area (Å²) in [6.45, 7) is 8.58. The van der Waals surface area contributed by atoms with E-state index >= 15 is 0 Å². The minimum atomic E-state index is -5.14. The summed E-state index contributed by atoms with van der Waals surface area (Å²) in [6.07, 6.45) is 3.22. The molecule has 1 aliphatic heterocycles. The van der Waals surface area contributed by atoms with E-state index in [9.17, 15) is 25.9 Å². The van der Waals surface area contributed by atoms with Gasteiger partial charge in [-0.15, -0.1) is 0 Å². The van der Waals surface area contributed by atoms with Gasteiger partial charge in [0.05, 0.1) is 11.5 Å². The molecule has 0 N–H and O–H groups in total. The quantitative estimate of drug-likeness (QED) is 0.109. The van der Waals surface area contributed by atoms with E-state index in [0.717, 1.165) is 20.2 Å². The number of hydrogen-bond donors (Lipinski definition) is 0. The molecule has 234 valence electrons. The Morgan fingerprint density at radius 3 is 2.12 bits per heavy atom. The number of aromatic nitrogens is 1. The summed E-state index contributed by atoms with van der Waals surface area (Å²) in [5.74, 6) is 0.113. The van der Waals surface area contributed by atoms with E-state index < -0.39 is 30.3 Å². The standard InChI is InChI=1S/C35H24N2O8S2.Na/c1-4-11-32(46(38,39)40)36-30(44-28-19-17-24-13-7-9-15-26(24)34(28)36)21-23(6-3)22-31-37(33(12-5-2)47(41,42)43)35-27-16-10-8-14-25(27)18-20-29(35)45-31;/h7-10,13-22H,1-2,6H2,3H3,(H-,38,39,40,41,42,43);/q;+1/p-1. The van der Waals surface area contributed by atoms with Gasteiger partial charge in [-0.25, -0.2) is 16.8 Å². The zero-order valence-corrected chi connectivity index (χ0v) is 29.3. The number of allylic oxidation sites excluding steroid dienone is 2. The molecule has 0 aliphatic carbocycles. The average molecular weight is 687 g/mol. The molecular weight excluding hydrogens is 664 g/mol. The van der Waals surface area contributed by atoms with Crippen LogP contribution >= 0.6 is 0 Å². The van der Waals surface area contributed by atoms with Crippen molar-refractivity contribution in [1.82, 2.24) is 0 Å². The SMILES string of the molecule is C=C=C=C(N1C(=CC(=Cc2oc3ccc4ccccc4c3[n+]2C(=C=C=C)S(=O)(=O)[O-])CC)Oc2ccc3ccccc3c21)S(=O)(=O)[O-].[Na+]. The Morgan fingerprint density at radius 2 is 1.50 bits per heavy atom.